The molecule has 6 heteroatoms. The first-order valence-corrected chi connectivity index (χ1v) is 8.02. The standard InChI is InChI=1S/C19H17N3O3/c1-2-6-15(7-3-1)19-21-20-18(25-19)14-22(12-16-8-4-10-23-16)13-17-9-5-11-24-17/h1-11H,12-14H2. The second-order valence-electron chi connectivity index (χ2n) is 5.67. The van der Waals surface area contributed by atoms with Crippen LogP contribution in [0.5, 0.6) is 0 Å². The lowest BCUT2D eigenvalue weighted by atomic mass is 10.2. The Kier molecular flexibility index (Phi) is 4.43. The zero-order valence-electron chi connectivity index (χ0n) is 13.5. The highest BCUT2D eigenvalue weighted by Crippen LogP contribution is 2.19. The first-order valence-electron chi connectivity index (χ1n) is 8.02. The molecule has 25 heavy (non-hydrogen) atoms. The minimum Gasteiger partial charge on any atom is -0.468 e. The zero-order chi connectivity index (χ0) is 16.9. The zero-order valence-corrected chi connectivity index (χ0v) is 13.5. The van der Waals surface area contributed by atoms with Crippen LogP contribution in [0.2, 0.25) is 0 Å². The van der Waals surface area contributed by atoms with E-state index in [9.17, 15) is 0 Å². The summed E-state index contributed by atoms with van der Waals surface area (Å²) in [4.78, 5) is 2.12. The van der Waals surface area contributed by atoms with Crippen molar-refractivity contribution in [3.05, 3.63) is 84.5 Å². The second-order valence-corrected chi connectivity index (χ2v) is 5.67. The molecule has 0 spiro atoms. The fraction of sp³-hybridized carbons (Fsp3) is 0.158. The Morgan fingerprint density at radius 1 is 0.720 bits per heavy atom. The predicted molar refractivity (Wildman–Crippen MR) is 90.1 cm³/mol. The molecule has 0 unspecified atom stereocenters. The average molecular weight is 335 g/mol. The monoisotopic (exact) mass is 335 g/mol. The van der Waals surface area contributed by atoms with Crippen LogP contribution in [0.3, 0.4) is 0 Å². The summed E-state index contributed by atoms with van der Waals surface area (Å²) in [6.45, 7) is 1.74. The van der Waals surface area contributed by atoms with Gasteiger partial charge in [0.15, 0.2) is 0 Å². The maximum absolute atomic E-state index is 5.81. The first-order chi connectivity index (χ1) is 12.4. The molecule has 4 aromatic rings. The van der Waals surface area contributed by atoms with Crippen LogP contribution in [0.15, 0.2) is 80.4 Å². The molecule has 4 rings (SSSR count). The van der Waals surface area contributed by atoms with E-state index in [1.54, 1.807) is 12.5 Å². The molecule has 126 valence electrons. The van der Waals surface area contributed by atoms with Gasteiger partial charge in [-0.05, 0) is 36.4 Å². The normalized spacial score (nSPS) is 11.2. The molecular formula is C19H17N3O3. The molecular weight excluding hydrogens is 318 g/mol. The van der Waals surface area contributed by atoms with Gasteiger partial charge in [0, 0.05) is 5.56 Å². The first kappa shape index (κ1) is 15.4. The number of nitrogens with zero attached hydrogens (tertiary/aromatic N) is 3. The van der Waals surface area contributed by atoms with Crippen LogP contribution in [0.4, 0.5) is 0 Å². The lowest BCUT2D eigenvalue weighted by molar-refractivity contribution is 0.191. The van der Waals surface area contributed by atoms with E-state index in [0.29, 0.717) is 31.4 Å². The number of rotatable bonds is 7. The van der Waals surface area contributed by atoms with Crippen molar-refractivity contribution in [1.82, 2.24) is 15.1 Å². The molecule has 0 atom stereocenters. The van der Waals surface area contributed by atoms with E-state index in [-0.39, 0.29) is 0 Å². The Hall–Kier alpha value is -3.12. The molecule has 0 radical (unpaired) electrons. The quantitative estimate of drug-likeness (QED) is 0.506. The minimum absolute atomic E-state index is 0.501. The summed E-state index contributed by atoms with van der Waals surface area (Å²) in [6, 6.07) is 17.4. The van der Waals surface area contributed by atoms with Gasteiger partial charge in [0.2, 0.25) is 11.8 Å². The van der Waals surface area contributed by atoms with E-state index in [4.69, 9.17) is 13.3 Å². The molecule has 0 saturated heterocycles. The third kappa shape index (κ3) is 3.87. The Labute approximate surface area is 144 Å². The van der Waals surface area contributed by atoms with E-state index in [1.165, 1.54) is 0 Å². The molecule has 0 saturated carbocycles. The second kappa shape index (κ2) is 7.19. The van der Waals surface area contributed by atoms with Gasteiger partial charge in [-0.2, -0.15) is 0 Å². The summed E-state index contributed by atoms with van der Waals surface area (Å²) in [5.74, 6) is 2.81. The number of benzene rings is 1. The van der Waals surface area contributed by atoms with Gasteiger partial charge in [-0.15, -0.1) is 10.2 Å². The third-order valence-electron chi connectivity index (χ3n) is 3.77. The Morgan fingerprint density at radius 2 is 1.40 bits per heavy atom. The average Bonchev–Trinajstić information content (AvgIpc) is 3.38. The number of furan rings is 2. The Morgan fingerprint density at radius 3 is 2.00 bits per heavy atom. The molecule has 6 nitrogen and oxygen atoms in total. The van der Waals surface area contributed by atoms with Gasteiger partial charge >= 0.3 is 0 Å². The van der Waals surface area contributed by atoms with Crippen LogP contribution in [-0.2, 0) is 19.6 Å². The van der Waals surface area contributed by atoms with Crippen molar-refractivity contribution in [3.63, 3.8) is 0 Å². The molecule has 3 heterocycles. The summed E-state index contributed by atoms with van der Waals surface area (Å²) in [5, 5.41) is 8.31. The van der Waals surface area contributed by atoms with Gasteiger partial charge in [-0.3, -0.25) is 4.90 Å². The predicted octanol–water partition coefficient (Wildman–Crippen LogP) is 4.13. The molecule has 1 aromatic carbocycles. The van der Waals surface area contributed by atoms with E-state index in [2.05, 4.69) is 15.1 Å². The van der Waals surface area contributed by atoms with Crippen molar-refractivity contribution in [1.29, 1.82) is 0 Å². The maximum atomic E-state index is 5.81. The van der Waals surface area contributed by atoms with E-state index >= 15 is 0 Å². The molecule has 0 amide bonds. The van der Waals surface area contributed by atoms with Gasteiger partial charge in [-0.1, -0.05) is 18.2 Å². The summed E-state index contributed by atoms with van der Waals surface area (Å²) in [5.41, 5.74) is 0.907. The topological polar surface area (TPSA) is 68.4 Å². The van der Waals surface area contributed by atoms with Gasteiger partial charge < -0.3 is 13.3 Å². The molecule has 0 bridgehead atoms. The lowest BCUT2D eigenvalue weighted by Crippen LogP contribution is -2.22. The highest BCUT2D eigenvalue weighted by molar-refractivity contribution is 5.51. The summed E-state index contributed by atoms with van der Waals surface area (Å²) in [7, 11) is 0. The van der Waals surface area contributed by atoms with Crippen LogP contribution < -0.4 is 0 Å². The van der Waals surface area contributed by atoms with Gasteiger partial charge in [0.05, 0.1) is 32.2 Å². The smallest absolute Gasteiger partial charge is 0.247 e. The van der Waals surface area contributed by atoms with Crippen LogP contribution in [0.1, 0.15) is 17.4 Å². The minimum atomic E-state index is 0.501. The Bertz CT molecular complexity index is 847. The van der Waals surface area contributed by atoms with Crippen molar-refractivity contribution in [2.75, 3.05) is 0 Å². The summed E-state index contributed by atoms with van der Waals surface area (Å²) in [6.07, 6.45) is 3.33. The number of hydrogen-bond acceptors (Lipinski definition) is 6. The fourth-order valence-corrected chi connectivity index (χ4v) is 2.62. The highest BCUT2D eigenvalue weighted by atomic mass is 16.4. The summed E-state index contributed by atoms with van der Waals surface area (Å²) >= 11 is 0. The van der Waals surface area contributed by atoms with Crippen molar-refractivity contribution in [3.8, 4) is 11.5 Å². The largest absolute Gasteiger partial charge is 0.468 e. The number of aromatic nitrogens is 2. The van der Waals surface area contributed by atoms with Crippen LogP contribution in [0, 0.1) is 0 Å². The lowest BCUT2D eigenvalue weighted by Gasteiger charge is -2.17. The van der Waals surface area contributed by atoms with Crippen molar-refractivity contribution < 1.29 is 13.3 Å². The van der Waals surface area contributed by atoms with Gasteiger partial charge in [0.25, 0.3) is 0 Å². The van der Waals surface area contributed by atoms with Gasteiger partial charge in [0.1, 0.15) is 11.5 Å². The Balaban J connectivity index is 1.50. The van der Waals surface area contributed by atoms with Crippen molar-refractivity contribution >= 4 is 0 Å². The highest BCUT2D eigenvalue weighted by Gasteiger charge is 2.16. The van der Waals surface area contributed by atoms with E-state index < -0.39 is 0 Å². The van der Waals surface area contributed by atoms with Crippen LogP contribution in [-0.4, -0.2) is 15.1 Å². The molecule has 0 aliphatic carbocycles. The third-order valence-corrected chi connectivity index (χ3v) is 3.77. The molecule has 3 aromatic heterocycles. The van der Waals surface area contributed by atoms with Crippen molar-refractivity contribution in [2.24, 2.45) is 0 Å². The van der Waals surface area contributed by atoms with E-state index in [1.807, 2.05) is 54.6 Å². The molecule has 0 aliphatic heterocycles. The van der Waals surface area contributed by atoms with Crippen LogP contribution >= 0.6 is 0 Å². The van der Waals surface area contributed by atoms with Gasteiger partial charge in [-0.25, -0.2) is 0 Å². The molecule has 0 N–H and O–H groups in total. The maximum Gasteiger partial charge on any atom is 0.247 e. The van der Waals surface area contributed by atoms with Crippen LogP contribution in [0.25, 0.3) is 11.5 Å². The molecule has 0 fully saturated rings. The fourth-order valence-electron chi connectivity index (χ4n) is 2.62. The SMILES string of the molecule is c1ccc(-c2nnc(CN(Cc3ccco3)Cc3ccco3)o2)cc1. The summed E-state index contributed by atoms with van der Waals surface area (Å²) < 4.78 is 16.7. The molecule has 0 aliphatic rings. The number of hydrogen-bond donors (Lipinski definition) is 0. The van der Waals surface area contributed by atoms with Crippen molar-refractivity contribution in [2.45, 2.75) is 19.6 Å². The van der Waals surface area contributed by atoms with E-state index in [0.717, 1.165) is 17.1 Å².